The topological polar surface area (TPSA) is 85.3 Å². The van der Waals surface area contributed by atoms with Gasteiger partial charge in [-0.25, -0.2) is 4.79 Å². The summed E-state index contributed by atoms with van der Waals surface area (Å²) in [6.07, 6.45) is 0.866. The second-order valence-electron chi connectivity index (χ2n) is 11.8. The lowest BCUT2D eigenvalue weighted by Gasteiger charge is -2.44. The predicted molar refractivity (Wildman–Crippen MR) is 151 cm³/mol. The van der Waals surface area contributed by atoms with Crippen molar-refractivity contribution in [1.29, 1.82) is 0 Å². The molecule has 2 aromatic rings. The maximum atomic E-state index is 13.5. The van der Waals surface area contributed by atoms with Gasteiger partial charge in [0, 0.05) is 6.04 Å². The Bertz CT molecular complexity index is 1050. The van der Waals surface area contributed by atoms with Crippen LogP contribution in [0.4, 0.5) is 4.79 Å². The summed E-state index contributed by atoms with van der Waals surface area (Å²) in [5.74, 6) is -1.17. The Balaban J connectivity index is 1.81. The molecular weight excluding hydrogens is 494 g/mol. The van der Waals surface area contributed by atoms with Crippen LogP contribution in [-0.4, -0.2) is 52.0 Å². The van der Waals surface area contributed by atoms with Crippen LogP contribution in [0.1, 0.15) is 71.9 Å². The van der Waals surface area contributed by atoms with Crippen molar-refractivity contribution in [2.75, 3.05) is 6.61 Å². The molecule has 0 radical (unpaired) electrons. The first-order chi connectivity index (χ1) is 18.5. The SMILES string of the molecule is CC1CCC(CO)(C(C)C[C@H](C(=O)OCc2ccccc2)[C@@H](C)OCc2ccccc2)N1C(=O)OC(C)(C)C. The van der Waals surface area contributed by atoms with Crippen molar-refractivity contribution < 1.29 is 28.9 Å². The van der Waals surface area contributed by atoms with Crippen LogP contribution in [0.3, 0.4) is 0 Å². The zero-order valence-corrected chi connectivity index (χ0v) is 24.3. The van der Waals surface area contributed by atoms with Crippen molar-refractivity contribution in [3.05, 3.63) is 71.8 Å². The zero-order valence-electron chi connectivity index (χ0n) is 24.3. The van der Waals surface area contributed by atoms with Crippen molar-refractivity contribution in [2.45, 2.75) is 97.3 Å². The molecule has 3 unspecified atom stereocenters. The molecule has 1 N–H and O–H groups in total. The van der Waals surface area contributed by atoms with Crippen LogP contribution in [-0.2, 0) is 32.2 Å². The summed E-state index contributed by atoms with van der Waals surface area (Å²) in [4.78, 5) is 28.5. The Morgan fingerprint density at radius 2 is 1.56 bits per heavy atom. The van der Waals surface area contributed by atoms with E-state index in [1.165, 1.54) is 0 Å². The molecule has 1 amide bonds. The molecule has 0 saturated carbocycles. The Kier molecular flexibility index (Phi) is 10.6. The first-order valence-corrected chi connectivity index (χ1v) is 14.0. The van der Waals surface area contributed by atoms with Gasteiger partial charge in [0.25, 0.3) is 0 Å². The second-order valence-corrected chi connectivity index (χ2v) is 11.8. The smallest absolute Gasteiger partial charge is 0.411 e. The second kappa shape index (κ2) is 13.4. The van der Waals surface area contributed by atoms with Gasteiger partial charge in [-0.3, -0.25) is 9.69 Å². The predicted octanol–water partition coefficient (Wildman–Crippen LogP) is 6.13. The van der Waals surface area contributed by atoms with Crippen LogP contribution in [0.2, 0.25) is 0 Å². The number of esters is 1. The van der Waals surface area contributed by atoms with Gasteiger partial charge in [-0.05, 0) is 70.9 Å². The first-order valence-electron chi connectivity index (χ1n) is 14.0. The van der Waals surface area contributed by atoms with Gasteiger partial charge in [-0.15, -0.1) is 0 Å². The Morgan fingerprint density at radius 1 is 1.00 bits per heavy atom. The Hall–Kier alpha value is -2.90. The van der Waals surface area contributed by atoms with Crippen LogP contribution in [0.25, 0.3) is 0 Å². The summed E-state index contributed by atoms with van der Waals surface area (Å²) in [6, 6.07) is 19.3. The molecule has 7 heteroatoms. The summed E-state index contributed by atoms with van der Waals surface area (Å²) in [5, 5.41) is 10.7. The summed E-state index contributed by atoms with van der Waals surface area (Å²) in [5.41, 5.74) is 0.413. The van der Waals surface area contributed by atoms with Gasteiger partial charge in [-0.1, -0.05) is 67.6 Å². The molecule has 1 aliphatic rings. The van der Waals surface area contributed by atoms with Crippen molar-refractivity contribution >= 4 is 12.1 Å². The minimum atomic E-state index is -0.848. The van der Waals surface area contributed by atoms with E-state index in [9.17, 15) is 14.7 Å². The summed E-state index contributed by atoms with van der Waals surface area (Å²) < 4.78 is 17.7. The molecule has 2 aromatic carbocycles. The third-order valence-corrected chi connectivity index (χ3v) is 7.75. The normalized spacial score (nSPS) is 21.7. The number of likely N-dealkylation sites (tertiary alicyclic amines) is 1. The van der Waals surface area contributed by atoms with E-state index in [1.807, 2.05) is 102 Å². The lowest BCUT2D eigenvalue weighted by molar-refractivity contribution is -0.157. The molecule has 39 heavy (non-hydrogen) atoms. The fourth-order valence-corrected chi connectivity index (χ4v) is 5.45. The number of carbonyl (C=O) groups is 2. The molecule has 0 spiro atoms. The highest BCUT2D eigenvalue weighted by molar-refractivity contribution is 5.73. The molecule has 0 aromatic heterocycles. The van der Waals surface area contributed by atoms with E-state index in [1.54, 1.807) is 4.90 Å². The number of ether oxygens (including phenoxy) is 3. The number of carbonyl (C=O) groups excluding carboxylic acids is 2. The van der Waals surface area contributed by atoms with Crippen molar-refractivity contribution in [2.24, 2.45) is 11.8 Å². The average Bonchev–Trinajstić information content (AvgIpc) is 3.26. The highest BCUT2D eigenvalue weighted by Gasteiger charge is 2.52. The van der Waals surface area contributed by atoms with Gasteiger partial charge in [-0.2, -0.15) is 0 Å². The third-order valence-electron chi connectivity index (χ3n) is 7.75. The van der Waals surface area contributed by atoms with Gasteiger partial charge >= 0.3 is 12.1 Å². The van der Waals surface area contributed by atoms with Gasteiger partial charge in [0.15, 0.2) is 0 Å². The molecule has 1 aliphatic heterocycles. The van der Waals surface area contributed by atoms with Crippen LogP contribution in [0, 0.1) is 11.8 Å². The van der Waals surface area contributed by atoms with Crippen LogP contribution >= 0.6 is 0 Å². The fourth-order valence-electron chi connectivity index (χ4n) is 5.45. The lowest BCUT2D eigenvalue weighted by atomic mass is 9.77. The van der Waals surface area contributed by atoms with Gasteiger partial charge in [0.05, 0.1) is 30.8 Å². The lowest BCUT2D eigenvalue weighted by Crippen LogP contribution is -2.58. The van der Waals surface area contributed by atoms with E-state index in [-0.39, 0.29) is 31.1 Å². The van der Waals surface area contributed by atoms with Crippen molar-refractivity contribution in [3.63, 3.8) is 0 Å². The minimum absolute atomic E-state index is 0.0929. The Morgan fingerprint density at radius 3 is 2.10 bits per heavy atom. The van der Waals surface area contributed by atoms with Crippen molar-refractivity contribution in [3.8, 4) is 0 Å². The summed E-state index contributed by atoms with van der Waals surface area (Å²) >= 11 is 0. The highest BCUT2D eigenvalue weighted by Crippen LogP contribution is 2.43. The number of aliphatic hydroxyl groups excluding tert-OH is 1. The molecule has 214 valence electrons. The highest BCUT2D eigenvalue weighted by atomic mass is 16.6. The number of hydrogen-bond acceptors (Lipinski definition) is 6. The number of nitrogens with zero attached hydrogens (tertiary/aromatic N) is 1. The molecule has 0 aliphatic carbocycles. The van der Waals surface area contributed by atoms with Crippen LogP contribution < -0.4 is 0 Å². The minimum Gasteiger partial charge on any atom is -0.461 e. The maximum Gasteiger partial charge on any atom is 0.411 e. The monoisotopic (exact) mass is 539 g/mol. The molecular formula is C32H45NO6. The van der Waals surface area contributed by atoms with Crippen LogP contribution in [0.15, 0.2) is 60.7 Å². The Labute approximate surface area is 233 Å². The quantitative estimate of drug-likeness (QED) is 0.346. The van der Waals surface area contributed by atoms with Crippen LogP contribution in [0.5, 0.6) is 0 Å². The standard InChI is InChI=1S/C32H45NO6/c1-23(32(22-34)18-17-24(2)33(32)30(36)39-31(4,5)6)19-28(25(3)37-20-26-13-9-7-10-14-26)29(35)38-21-27-15-11-8-12-16-27/h7-16,23-25,28,34H,17-22H2,1-6H3/t23?,24?,25-,28+,32?/m1/s1. The van der Waals surface area contributed by atoms with Gasteiger partial charge in [0.2, 0.25) is 0 Å². The number of amides is 1. The van der Waals surface area contributed by atoms with E-state index >= 15 is 0 Å². The largest absolute Gasteiger partial charge is 0.461 e. The number of rotatable bonds is 11. The molecule has 7 nitrogen and oxygen atoms in total. The van der Waals surface area contributed by atoms with Gasteiger partial charge < -0.3 is 19.3 Å². The molecule has 0 bridgehead atoms. The zero-order chi connectivity index (χ0) is 28.6. The summed E-state index contributed by atoms with van der Waals surface area (Å²) in [6.45, 7) is 11.7. The van der Waals surface area contributed by atoms with E-state index in [0.29, 0.717) is 19.4 Å². The van der Waals surface area contributed by atoms with E-state index in [2.05, 4.69) is 0 Å². The molecule has 3 rings (SSSR count). The summed E-state index contributed by atoms with van der Waals surface area (Å²) in [7, 11) is 0. The third kappa shape index (κ3) is 8.05. The first kappa shape index (κ1) is 30.6. The maximum absolute atomic E-state index is 13.5. The number of benzene rings is 2. The number of hydrogen-bond donors (Lipinski definition) is 1. The van der Waals surface area contributed by atoms with E-state index in [4.69, 9.17) is 14.2 Å². The fraction of sp³-hybridized carbons (Fsp3) is 0.562. The molecule has 1 fully saturated rings. The van der Waals surface area contributed by atoms with E-state index < -0.39 is 29.3 Å². The number of aliphatic hydroxyl groups is 1. The molecule has 1 heterocycles. The molecule has 1 saturated heterocycles. The molecule has 5 atom stereocenters. The van der Waals surface area contributed by atoms with E-state index in [0.717, 1.165) is 17.5 Å². The van der Waals surface area contributed by atoms with Gasteiger partial charge in [0.1, 0.15) is 12.2 Å². The average molecular weight is 540 g/mol. The van der Waals surface area contributed by atoms with Crippen molar-refractivity contribution in [1.82, 2.24) is 4.90 Å².